The molecule has 20 heavy (non-hydrogen) atoms. The molecule has 104 valence electrons. The summed E-state index contributed by atoms with van der Waals surface area (Å²) in [7, 11) is 0. The summed E-state index contributed by atoms with van der Waals surface area (Å²) in [6, 6.07) is 3.94. The van der Waals surface area contributed by atoms with Gasteiger partial charge in [-0.1, -0.05) is 5.92 Å². The van der Waals surface area contributed by atoms with Crippen LogP contribution >= 0.6 is 0 Å². The lowest BCUT2D eigenvalue weighted by atomic mass is 9.84. The maximum absolute atomic E-state index is 11.5. The number of rotatable bonds is 1. The van der Waals surface area contributed by atoms with Gasteiger partial charge >= 0.3 is 0 Å². The lowest BCUT2D eigenvalue weighted by Gasteiger charge is -2.46. The Bertz CT molecular complexity index is 532. The van der Waals surface area contributed by atoms with E-state index in [1.54, 1.807) is 13.1 Å². The Morgan fingerprint density at radius 3 is 2.50 bits per heavy atom. The van der Waals surface area contributed by atoms with Gasteiger partial charge in [-0.05, 0) is 30.4 Å². The molecule has 1 aromatic heterocycles. The first kappa shape index (κ1) is 13.0. The molecule has 4 heteroatoms. The minimum Gasteiger partial charge on any atom is -0.356 e. The van der Waals surface area contributed by atoms with E-state index in [1.165, 1.54) is 6.42 Å². The Labute approximate surface area is 119 Å². The average Bonchev–Trinajstić information content (AvgIpc) is 2.46. The minimum atomic E-state index is 0.199. The molecule has 3 rings (SSSR count). The van der Waals surface area contributed by atoms with Gasteiger partial charge in [0, 0.05) is 44.9 Å². The number of fused-ring (bicyclic) bond motifs is 2. The predicted molar refractivity (Wildman–Crippen MR) is 78.2 cm³/mol. The van der Waals surface area contributed by atoms with E-state index in [9.17, 15) is 4.79 Å². The quantitative estimate of drug-likeness (QED) is 0.722. The number of carbonyl (C=O) groups excluding carboxylic acids is 1. The number of hydrogen-bond donors (Lipinski definition) is 0. The van der Waals surface area contributed by atoms with Crippen molar-refractivity contribution in [2.24, 2.45) is 11.8 Å². The zero-order valence-electron chi connectivity index (χ0n) is 11.7. The standard InChI is InChI=1S/C16H19N3O/c1-3-13-4-5-16(17-7-13)19-10-14-6-15(11-19)9-18(8-14)12(2)20/h1,4-5,7,14-15H,6,8-11H2,2H3. The molecule has 2 atom stereocenters. The molecule has 0 aromatic carbocycles. The maximum Gasteiger partial charge on any atom is 0.219 e. The molecule has 2 fully saturated rings. The van der Waals surface area contributed by atoms with Crippen molar-refractivity contribution in [2.75, 3.05) is 31.1 Å². The van der Waals surface area contributed by atoms with E-state index in [-0.39, 0.29) is 5.91 Å². The number of aromatic nitrogens is 1. The van der Waals surface area contributed by atoms with E-state index in [0.29, 0.717) is 11.8 Å². The molecule has 0 saturated carbocycles. The van der Waals surface area contributed by atoms with Gasteiger partial charge in [0.05, 0.1) is 0 Å². The molecule has 1 aromatic rings. The first-order valence-electron chi connectivity index (χ1n) is 7.09. The summed E-state index contributed by atoms with van der Waals surface area (Å²) in [4.78, 5) is 20.3. The highest BCUT2D eigenvalue weighted by Crippen LogP contribution is 2.30. The molecule has 4 nitrogen and oxygen atoms in total. The first-order chi connectivity index (χ1) is 9.65. The van der Waals surface area contributed by atoms with Crippen LogP contribution in [0.3, 0.4) is 0 Å². The van der Waals surface area contributed by atoms with Crippen molar-refractivity contribution in [3.63, 3.8) is 0 Å². The average molecular weight is 269 g/mol. The third-order valence-corrected chi connectivity index (χ3v) is 4.26. The van der Waals surface area contributed by atoms with Gasteiger partial charge in [-0.2, -0.15) is 0 Å². The number of amides is 1. The van der Waals surface area contributed by atoms with Crippen LogP contribution in [0, 0.1) is 24.2 Å². The van der Waals surface area contributed by atoms with Crippen molar-refractivity contribution in [3.05, 3.63) is 23.9 Å². The minimum absolute atomic E-state index is 0.199. The molecule has 0 spiro atoms. The van der Waals surface area contributed by atoms with E-state index < -0.39 is 0 Å². The maximum atomic E-state index is 11.5. The molecule has 3 heterocycles. The summed E-state index contributed by atoms with van der Waals surface area (Å²) in [5.41, 5.74) is 0.814. The third-order valence-electron chi connectivity index (χ3n) is 4.26. The Morgan fingerprint density at radius 1 is 1.30 bits per heavy atom. The van der Waals surface area contributed by atoms with Gasteiger partial charge in [-0.15, -0.1) is 6.42 Å². The fraction of sp³-hybridized carbons (Fsp3) is 0.500. The second kappa shape index (κ2) is 5.16. The number of anilines is 1. The Hall–Kier alpha value is -2.02. The fourth-order valence-electron chi connectivity index (χ4n) is 3.38. The van der Waals surface area contributed by atoms with Crippen molar-refractivity contribution >= 4 is 11.7 Å². The van der Waals surface area contributed by atoms with E-state index in [2.05, 4.69) is 15.8 Å². The van der Waals surface area contributed by atoms with Crippen molar-refractivity contribution in [2.45, 2.75) is 13.3 Å². The summed E-state index contributed by atoms with van der Waals surface area (Å²) < 4.78 is 0. The highest BCUT2D eigenvalue weighted by molar-refractivity contribution is 5.73. The summed E-state index contributed by atoms with van der Waals surface area (Å²) in [6.07, 6.45) is 8.33. The molecule has 2 aliphatic rings. The summed E-state index contributed by atoms with van der Waals surface area (Å²) in [5.74, 6) is 4.90. The van der Waals surface area contributed by atoms with Crippen LogP contribution in [0.25, 0.3) is 0 Å². The molecule has 1 amide bonds. The van der Waals surface area contributed by atoms with Gasteiger partial charge < -0.3 is 9.80 Å². The van der Waals surface area contributed by atoms with E-state index in [1.807, 2.05) is 17.0 Å². The molecular weight excluding hydrogens is 250 g/mol. The number of nitrogens with zero attached hydrogens (tertiary/aromatic N) is 3. The zero-order chi connectivity index (χ0) is 14.1. The summed E-state index contributed by atoms with van der Waals surface area (Å²) >= 11 is 0. The van der Waals surface area contributed by atoms with Gasteiger partial charge in [0.25, 0.3) is 0 Å². The molecule has 0 N–H and O–H groups in total. The Morgan fingerprint density at radius 2 is 2.00 bits per heavy atom. The fourth-order valence-corrected chi connectivity index (χ4v) is 3.38. The number of terminal acetylenes is 1. The predicted octanol–water partition coefficient (Wildman–Crippen LogP) is 1.37. The van der Waals surface area contributed by atoms with Crippen molar-refractivity contribution in [1.29, 1.82) is 0 Å². The van der Waals surface area contributed by atoms with E-state index in [4.69, 9.17) is 6.42 Å². The number of carbonyl (C=O) groups is 1. The van der Waals surface area contributed by atoms with Gasteiger partial charge in [-0.25, -0.2) is 4.98 Å². The van der Waals surface area contributed by atoms with Crippen LogP contribution in [0.2, 0.25) is 0 Å². The second-order valence-corrected chi connectivity index (χ2v) is 5.85. The largest absolute Gasteiger partial charge is 0.356 e. The van der Waals surface area contributed by atoms with Gasteiger partial charge in [0.1, 0.15) is 5.82 Å². The van der Waals surface area contributed by atoms with E-state index in [0.717, 1.165) is 37.6 Å². The second-order valence-electron chi connectivity index (χ2n) is 5.85. The van der Waals surface area contributed by atoms with Crippen LogP contribution < -0.4 is 4.90 Å². The first-order valence-corrected chi connectivity index (χ1v) is 7.09. The van der Waals surface area contributed by atoms with Crippen LogP contribution in [-0.4, -0.2) is 42.0 Å². The van der Waals surface area contributed by atoms with Crippen LogP contribution in [-0.2, 0) is 4.79 Å². The third kappa shape index (κ3) is 2.49. The van der Waals surface area contributed by atoms with Crippen LogP contribution in [0.15, 0.2) is 18.3 Å². The monoisotopic (exact) mass is 269 g/mol. The number of likely N-dealkylation sites (tertiary alicyclic amines) is 1. The van der Waals surface area contributed by atoms with Crippen molar-refractivity contribution < 1.29 is 4.79 Å². The molecule has 0 radical (unpaired) electrons. The lowest BCUT2D eigenvalue weighted by Crippen LogP contribution is -2.54. The number of hydrogen-bond acceptors (Lipinski definition) is 3. The van der Waals surface area contributed by atoms with Gasteiger partial charge in [-0.3, -0.25) is 4.79 Å². The topological polar surface area (TPSA) is 36.4 Å². The zero-order valence-corrected chi connectivity index (χ0v) is 11.7. The molecule has 2 aliphatic heterocycles. The van der Waals surface area contributed by atoms with Crippen LogP contribution in [0.1, 0.15) is 18.9 Å². The molecular formula is C16H19N3O. The van der Waals surface area contributed by atoms with Gasteiger partial charge in [0.2, 0.25) is 5.91 Å². The highest BCUT2D eigenvalue weighted by Gasteiger charge is 2.35. The van der Waals surface area contributed by atoms with Crippen LogP contribution in [0.4, 0.5) is 5.82 Å². The van der Waals surface area contributed by atoms with Crippen molar-refractivity contribution in [1.82, 2.24) is 9.88 Å². The van der Waals surface area contributed by atoms with E-state index >= 15 is 0 Å². The van der Waals surface area contributed by atoms with Crippen molar-refractivity contribution in [3.8, 4) is 12.3 Å². The lowest BCUT2D eigenvalue weighted by molar-refractivity contribution is -0.132. The summed E-state index contributed by atoms with van der Waals surface area (Å²) in [5, 5.41) is 0. The van der Waals surface area contributed by atoms with Crippen LogP contribution in [0.5, 0.6) is 0 Å². The molecule has 2 saturated heterocycles. The number of piperidine rings is 2. The Kier molecular flexibility index (Phi) is 3.35. The number of pyridine rings is 1. The normalized spacial score (nSPS) is 25.2. The summed E-state index contributed by atoms with van der Waals surface area (Å²) in [6.45, 7) is 5.37. The molecule has 0 aliphatic carbocycles. The SMILES string of the molecule is C#Cc1ccc(N2CC3CC(CN(C(C)=O)C3)C2)nc1. The smallest absolute Gasteiger partial charge is 0.219 e. The molecule has 2 bridgehead atoms. The Balaban J connectivity index is 1.72. The van der Waals surface area contributed by atoms with Gasteiger partial charge in [0.15, 0.2) is 0 Å². The highest BCUT2D eigenvalue weighted by atomic mass is 16.2. The molecule has 2 unspecified atom stereocenters.